The maximum absolute atomic E-state index is 11.9. The summed E-state index contributed by atoms with van der Waals surface area (Å²) in [6.07, 6.45) is 0.0731. The molecule has 0 spiro atoms. The van der Waals surface area contributed by atoms with Crippen LogP contribution in [0, 0.1) is 5.92 Å². The van der Waals surface area contributed by atoms with E-state index in [0.717, 1.165) is 0 Å². The summed E-state index contributed by atoms with van der Waals surface area (Å²) in [4.78, 5) is 45.0. The average Bonchev–Trinajstić information content (AvgIpc) is 2.38. The van der Waals surface area contributed by atoms with E-state index < -0.39 is 35.7 Å². The average molecular weight is 301 g/mol. The van der Waals surface area contributed by atoms with E-state index in [9.17, 15) is 19.2 Å². The maximum atomic E-state index is 11.9. The van der Waals surface area contributed by atoms with E-state index in [4.69, 9.17) is 17.2 Å². The summed E-state index contributed by atoms with van der Waals surface area (Å²) in [5.74, 6) is -2.55. The van der Waals surface area contributed by atoms with E-state index in [-0.39, 0.29) is 25.3 Å². The topological polar surface area (TPSA) is 170 Å². The molecule has 0 bridgehead atoms. The van der Waals surface area contributed by atoms with Crippen LogP contribution in [0.15, 0.2) is 0 Å². The summed E-state index contributed by atoms with van der Waals surface area (Å²) in [6.45, 7) is 3.14. The zero-order valence-electron chi connectivity index (χ0n) is 12.2. The molecule has 2 atom stereocenters. The van der Waals surface area contributed by atoms with Crippen LogP contribution in [0.4, 0.5) is 0 Å². The summed E-state index contributed by atoms with van der Waals surface area (Å²) in [7, 11) is 0. The van der Waals surface area contributed by atoms with Gasteiger partial charge in [-0.25, -0.2) is 0 Å². The number of nitrogens with two attached hydrogens (primary N) is 3. The van der Waals surface area contributed by atoms with E-state index >= 15 is 0 Å². The fourth-order valence-corrected chi connectivity index (χ4v) is 1.51. The standard InChI is InChI=1S/C12H23N5O4/c1-6(2)10(12(21)16-5-9(15)19)17-11(20)7(13)3-4-8(14)18/h6-7,10H,3-5,13H2,1-2H3,(H2,14,18)(H2,15,19)(H,16,21)(H,17,20)/t7-,10-/m0/s1. The normalized spacial score (nSPS) is 13.3. The van der Waals surface area contributed by atoms with Crippen LogP contribution in [0.2, 0.25) is 0 Å². The molecule has 0 aromatic carbocycles. The number of amides is 4. The monoisotopic (exact) mass is 301 g/mol. The number of carbonyl (C=O) groups is 4. The SMILES string of the molecule is CC(C)[C@H](NC(=O)[C@@H](N)CCC(N)=O)C(=O)NCC(N)=O. The highest BCUT2D eigenvalue weighted by Crippen LogP contribution is 2.03. The van der Waals surface area contributed by atoms with Gasteiger partial charge >= 0.3 is 0 Å². The molecule has 0 aliphatic heterocycles. The van der Waals surface area contributed by atoms with Gasteiger partial charge in [-0.15, -0.1) is 0 Å². The van der Waals surface area contributed by atoms with Crippen molar-refractivity contribution in [3.63, 3.8) is 0 Å². The van der Waals surface area contributed by atoms with E-state index in [1.165, 1.54) is 0 Å². The van der Waals surface area contributed by atoms with Crippen LogP contribution in [0.5, 0.6) is 0 Å². The van der Waals surface area contributed by atoms with Crippen molar-refractivity contribution in [1.29, 1.82) is 0 Å². The van der Waals surface area contributed by atoms with Crippen LogP contribution in [-0.2, 0) is 19.2 Å². The number of hydrogen-bond acceptors (Lipinski definition) is 5. The third kappa shape index (κ3) is 7.88. The summed E-state index contributed by atoms with van der Waals surface area (Å²) < 4.78 is 0. The molecule has 0 aromatic heterocycles. The molecule has 0 aliphatic rings. The molecule has 0 aliphatic carbocycles. The van der Waals surface area contributed by atoms with Gasteiger partial charge in [0.05, 0.1) is 12.6 Å². The molecule has 0 aromatic rings. The van der Waals surface area contributed by atoms with Crippen molar-refractivity contribution < 1.29 is 19.2 Å². The van der Waals surface area contributed by atoms with E-state index in [1.54, 1.807) is 13.8 Å². The zero-order chi connectivity index (χ0) is 16.6. The molecule has 9 nitrogen and oxygen atoms in total. The van der Waals surface area contributed by atoms with Crippen molar-refractivity contribution in [2.45, 2.75) is 38.8 Å². The zero-order valence-corrected chi connectivity index (χ0v) is 12.2. The van der Waals surface area contributed by atoms with Crippen molar-refractivity contribution in [2.24, 2.45) is 23.1 Å². The van der Waals surface area contributed by atoms with Crippen LogP contribution in [0.3, 0.4) is 0 Å². The molecule has 0 saturated carbocycles. The first-order valence-corrected chi connectivity index (χ1v) is 6.55. The highest BCUT2D eigenvalue weighted by molar-refractivity contribution is 5.91. The molecular formula is C12H23N5O4. The molecule has 4 amide bonds. The van der Waals surface area contributed by atoms with Gasteiger partial charge in [0.25, 0.3) is 0 Å². The Morgan fingerprint density at radius 2 is 1.57 bits per heavy atom. The molecule has 21 heavy (non-hydrogen) atoms. The van der Waals surface area contributed by atoms with Gasteiger partial charge in [-0.1, -0.05) is 13.8 Å². The lowest BCUT2D eigenvalue weighted by molar-refractivity contribution is -0.131. The Morgan fingerprint density at radius 1 is 1.00 bits per heavy atom. The van der Waals surface area contributed by atoms with Gasteiger partial charge in [-0.2, -0.15) is 0 Å². The van der Waals surface area contributed by atoms with Crippen LogP contribution in [0.1, 0.15) is 26.7 Å². The Bertz CT molecular complexity index is 410. The number of nitrogens with one attached hydrogen (secondary N) is 2. The van der Waals surface area contributed by atoms with Gasteiger partial charge < -0.3 is 27.8 Å². The first-order valence-electron chi connectivity index (χ1n) is 6.55. The van der Waals surface area contributed by atoms with Crippen molar-refractivity contribution in [3.05, 3.63) is 0 Å². The molecule has 0 unspecified atom stereocenters. The lowest BCUT2D eigenvalue weighted by Gasteiger charge is -2.23. The van der Waals surface area contributed by atoms with Gasteiger partial charge in [-0.05, 0) is 12.3 Å². The van der Waals surface area contributed by atoms with E-state index in [1.807, 2.05) is 0 Å². The lowest BCUT2D eigenvalue weighted by Crippen LogP contribution is -2.54. The number of carbonyl (C=O) groups excluding carboxylic acids is 4. The highest BCUT2D eigenvalue weighted by atomic mass is 16.2. The van der Waals surface area contributed by atoms with Gasteiger partial charge in [0.15, 0.2) is 0 Å². The predicted molar refractivity (Wildman–Crippen MR) is 75.4 cm³/mol. The van der Waals surface area contributed by atoms with Gasteiger partial charge in [0.1, 0.15) is 6.04 Å². The second-order valence-electron chi connectivity index (χ2n) is 5.03. The Morgan fingerprint density at radius 3 is 2.00 bits per heavy atom. The molecule has 9 heteroatoms. The summed E-state index contributed by atoms with van der Waals surface area (Å²) >= 11 is 0. The molecule has 0 rings (SSSR count). The van der Waals surface area contributed by atoms with Crippen LogP contribution >= 0.6 is 0 Å². The second-order valence-corrected chi connectivity index (χ2v) is 5.03. The first-order chi connectivity index (χ1) is 9.65. The van der Waals surface area contributed by atoms with Crippen molar-refractivity contribution >= 4 is 23.6 Å². The van der Waals surface area contributed by atoms with Gasteiger partial charge in [-0.3, -0.25) is 19.2 Å². The second kappa shape index (κ2) is 8.90. The predicted octanol–water partition coefficient (Wildman–Crippen LogP) is -2.68. The van der Waals surface area contributed by atoms with Crippen molar-refractivity contribution in [2.75, 3.05) is 6.54 Å². The molecule has 8 N–H and O–H groups in total. The Labute approximate surface area is 123 Å². The van der Waals surface area contributed by atoms with E-state index in [2.05, 4.69) is 10.6 Å². The Balaban J connectivity index is 4.55. The van der Waals surface area contributed by atoms with Crippen LogP contribution in [0.25, 0.3) is 0 Å². The van der Waals surface area contributed by atoms with Crippen LogP contribution < -0.4 is 27.8 Å². The maximum Gasteiger partial charge on any atom is 0.243 e. The molecular weight excluding hydrogens is 278 g/mol. The van der Waals surface area contributed by atoms with Gasteiger partial charge in [0.2, 0.25) is 23.6 Å². The fourth-order valence-electron chi connectivity index (χ4n) is 1.51. The quantitative estimate of drug-likeness (QED) is 0.312. The highest BCUT2D eigenvalue weighted by Gasteiger charge is 2.26. The minimum Gasteiger partial charge on any atom is -0.370 e. The Kier molecular flexibility index (Phi) is 7.99. The number of primary amides is 2. The van der Waals surface area contributed by atoms with Crippen molar-refractivity contribution in [1.82, 2.24) is 10.6 Å². The first kappa shape index (κ1) is 18.8. The molecule has 0 fully saturated rings. The smallest absolute Gasteiger partial charge is 0.243 e. The lowest BCUT2D eigenvalue weighted by atomic mass is 10.0. The third-order valence-corrected chi connectivity index (χ3v) is 2.72. The Hall–Kier alpha value is -2.16. The molecule has 0 saturated heterocycles. The van der Waals surface area contributed by atoms with Gasteiger partial charge in [0, 0.05) is 6.42 Å². The molecule has 0 radical (unpaired) electrons. The van der Waals surface area contributed by atoms with E-state index in [0.29, 0.717) is 0 Å². The summed E-state index contributed by atoms with van der Waals surface area (Å²) in [5, 5.41) is 4.80. The fraction of sp³-hybridized carbons (Fsp3) is 0.667. The summed E-state index contributed by atoms with van der Waals surface area (Å²) in [5.41, 5.74) is 15.5. The minimum atomic E-state index is -0.942. The van der Waals surface area contributed by atoms with Crippen molar-refractivity contribution in [3.8, 4) is 0 Å². The minimum absolute atomic E-state index is 0.0190. The number of rotatable bonds is 9. The number of hydrogen-bond donors (Lipinski definition) is 5. The summed E-state index contributed by atoms with van der Waals surface area (Å²) in [6, 6.07) is -1.79. The van der Waals surface area contributed by atoms with Crippen LogP contribution in [-0.4, -0.2) is 42.3 Å². The largest absolute Gasteiger partial charge is 0.370 e. The molecule has 0 heterocycles. The molecule has 120 valence electrons. The third-order valence-electron chi connectivity index (χ3n) is 2.72.